The van der Waals surface area contributed by atoms with Crippen LogP contribution < -0.4 is 20.5 Å². The molecule has 0 fully saturated rings. The van der Waals surface area contributed by atoms with Gasteiger partial charge in [0.2, 0.25) is 0 Å². The van der Waals surface area contributed by atoms with Crippen molar-refractivity contribution in [2.24, 2.45) is 0 Å². The topological polar surface area (TPSA) is 87.7 Å². The van der Waals surface area contributed by atoms with Crippen molar-refractivity contribution < 1.29 is 19.1 Å². The van der Waals surface area contributed by atoms with Crippen molar-refractivity contribution in [3.8, 4) is 16.9 Å². The lowest BCUT2D eigenvalue weighted by atomic mass is 9.92. The maximum Gasteiger partial charge on any atom is 0.261 e. The highest BCUT2D eigenvalue weighted by Gasteiger charge is 2.33. The van der Waals surface area contributed by atoms with Crippen LogP contribution in [-0.4, -0.2) is 30.4 Å². The van der Waals surface area contributed by atoms with E-state index in [1.54, 1.807) is 31.2 Å². The van der Waals surface area contributed by atoms with Crippen molar-refractivity contribution in [1.29, 1.82) is 0 Å². The first-order valence-electron chi connectivity index (χ1n) is 11.0. The van der Waals surface area contributed by atoms with Gasteiger partial charge >= 0.3 is 0 Å². The summed E-state index contributed by atoms with van der Waals surface area (Å²) in [5.74, 6) is -1.45. The van der Waals surface area contributed by atoms with Gasteiger partial charge in [0.15, 0.2) is 6.61 Å². The molecule has 9 heteroatoms. The normalized spacial score (nSPS) is 15.4. The number of carbonyl (C=O) groups excluding carboxylic acids is 3. The Labute approximate surface area is 212 Å². The van der Waals surface area contributed by atoms with Crippen molar-refractivity contribution in [2.45, 2.75) is 25.8 Å². The summed E-state index contributed by atoms with van der Waals surface area (Å²) < 4.78 is 5.41. The summed E-state index contributed by atoms with van der Waals surface area (Å²) in [6.07, 6.45) is 0. The van der Waals surface area contributed by atoms with E-state index in [1.165, 1.54) is 18.0 Å². The third-order valence-electron chi connectivity index (χ3n) is 5.71. The molecule has 0 radical (unpaired) electrons. The van der Waals surface area contributed by atoms with Crippen molar-refractivity contribution >= 4 is 46.6 Å². The Kier molecular flexibility index (Phi) is 7.28. The van der Waals surface area contributed by atoms with Gasteiger partial charge in [-0.1, -0.05) is 65.7 Å². The second kappa shape index (κ2) is 10.4. The number of halogens is 2. The number of hydrazine groups is 1. The van der Waals surface area contributed by atoms with Crippen molar-refractivity contribution in [3.05, 3.63) is 82.3 Å². The van der Waals surface area contributed by atoms with Crippen LogP contribution in [0.1, 0.15) is 25.3 Å². The minimum absolute atomic E-state index is 0.280. The van der Waals surface area contributed by atoms with Crippen LogP contribution in [0.3, 0.4) is 0 Å². The molecular weight excluding hydrogens is 489 g/mol. The third kappa shape index (κ3) is 5.26. The Bertz CT molecular complexity index is 1300. The molecule has 3 aromatic rings. The van der Waals surface area contributed by atoms with Gasteiger partial charge in [-0.2, -0.15) is 0 Å². The Balaban J connectivity index is 1.45. The molecule has 35 heavy (non-hydrogen) atoms. The molecule has 0 saturated carbocycles. The number of rotatable bonds is 6. The first-order valence-corrected chi connectivity index (χ1v) is 11.7. The number of hydrogen-bond acceptors (Lipinski definition) is 4. The van der Waals surface area contributed by atoms with Crippen LogP contribution in [0.15, 0.2) is 66.7 Å². The molecule has 4 rings (SSSR count). The molecule has 1 heterocycles. The number of nitrogens with zero attached hydrogens (tertiary/aromatic N) is 1. The number of carbonyl (C=O) groups is 3. The van der Waals surface area contributed by atoms with Gasteiger partial charge in [-0.25, -0.2) is 5.01 Å². The maximum atomic E-state index is 13.3. The van der Waals surface area contributed by atoms with Crippen LogP contribution >= 0.6 is 23.2 Å². The average molecular weight is 512 g/mol. The molecular formula is C26H23Cl2N3O4. The summed E-state index contributed by atoms with van der Waals surface area (Å²) in [5.41, 5.74) is 5.88. The largest absolute Gasteiger partial charge is 0.484 e. The lowest BCUT2D eigenvalue weighted by Gasteiger charge is -2.27. The van der Waals surface area contributed by atoms with Gasteiger partial charge in [-0.3, -0.25) is 19.8 Å². The third-order valence-corrected chi connectivity index (χ3v) is 6.45. The predicted octanol–water partition coefficient (Wildman–Crippen LogP) is 4.73. The van der Waals surface area contributed by atoms with Crippen molar-refractivity contribution in [3.63, 3.8) is 0 Å². The predicted molar refractivity (Wildman–Crippen MR) is 135 cm³/mol. The van der Waals surface area contributed by atoms with Gasteiger partial charge in [-0.05, 0) is 43.2 Å². The van der Waals surface area contributed by atoms with E-state index in [0.29, 0.717) is 21.5 Å². The SMILES string of the molecule is CC1C(=O)N(NC(=O)[C@H](C)NC(=O)COc2ccc(Cl)c(Cl)c2)c2ccccc2-c2ccccc21. The van der Waals surface area contributed by atoms with Crippen LogP contribution in [0.25, 0.3) is 11.1 Å². The summed E-state index contributed by atoms with van der Waals surface area (Å²) in [7, 11) is 0. The standard InChI is InChI=1S/C26H23Cl2N3O4/c1-15-18-7-3-4-8-19(18)20-9-5-6-10-23(20)31(26(15)34)30-25(33)16(2)29-24(32)14-35-17-11-12-21(27)22(28)13-17/h3-13,15-16H,14H2,1-2H3,(H,29,32)(H,30,33)/t15?,16-/m0/s1. The summed E-state index contributed by atoms with van der Waals surface area (Å²) in [5, 5.41) is 4.51. The van der Waals surface area contributed by atoms with E-state index in [2.05, 4.69) is 10.7 Å². The number of nitrogens with one attached hydrogen (secondary N) is 2. The Morgan fingerprint density at radius 1 is 1.00 bits per heavy atom. The molecule has 0 aromatic heterocycles. The second-order valence-corrected chi connectivity index (χ2v) is 8.94. The quantitative estimate of drug-likeness (QED) is 0.500. The fourth-order valence-electron chi connectivity index (χ4n) is 3.85. The van der Waals surface area contributed by atoms with Crippen LogP contribution in [0.2, 0.25) is 10.0 Å². The molecule has 0 aliphatic carbocycles. The molecule has 180 valence electrons. The van der Waals surface area contributed by atoms with E-state index >= 15 is 0 Å². The summed E-state index contributed by atoms with van der Waals surface area (Å²) >= 11 is 11.8. The molecule has 1 aliphatic rings. The van der Waals surface area contributed by atoms with Gasteiger partial charge in [0, 0.05) is 11.6 Å². The lowest BCUT2D eigenvalue weighted by Crippen LogP contribution is -2.54. The van der Waals surface area contributed by atoms with E-state index in [0.717, 1.165) is 16.7 Å². The molecule has 3 amide bonds. The van der Waals surface area contributed by atoms with E-state index in [9.17, 15) is 14.4 Å². The summed E-state index contributed by atoms with van der Waals surface area (Å²) in [6, 6.07) is 18.7. The molecule has 2 atom stereocenters. The number of benzene rings is 3. The smallest absolute Gasteiger partial charge is 0.261 e. The van der Waals surface area contributed by atoms with Crippen molar-refractivity contribution in [2.75, 3.05) is 11.6 Å². The fourth-order valence-corrected chi connectivity index (χ4v) is 4.14. The molecule has 2 N–H and O–H groups in total. The Morgan fingerprint density at radius 2 is 1.69 bits per heavy atom. The first kappa shape index (κ1) is 24.6. The summed E-state index contributed by atoms with van der Waals surface area (Å²) in [4.78, 5) is 38.6. The number of amides is 3. The van der Waals surface area contributed by atoms with E-state index in [-0.39, 0.29) is 12.5 Å². The van der Waals surface area contributed by atoms with E-state index in [1.807, 2.05) is 36.4 Å². The molecule has 3 aromatic carbocycles. The highest BCUT2D eigenvalue weighted by Crippen LogP contribution is 2.40. The van der Waals surface area contributed by atoms with Gasteiger partial charge < -0.3 is 10.1 Å². The highest BCUT2D eigenvalue weighted by molar-refractivity contribution is 6.42. The number of hydrogen-bond donors (Lipinski definition) is 2. The van der Waals surface area contributed by atoms with Gasteiger partial charge in [0.25, 0.3) is 17.7 Å². The molecule has 1 unspecified atom stereocenters. The van der Waals surface area contributed by atoms with Gasteiger partial charge in [-0.15, -0.1) is 0 Å². The lowest BCUT2D eigenvalue weighted by molar-refractivity contribution is -0.131. The average Bonchev–Trinajstić information content (AvgIpc) is 2.94. The zero-order valence-electron chi connectivity index (χ0n) is 19.0. The summed E-state index contributed by atoms with van der Waals surface area (Å²) in [6.45, 7) is 3.00. The zero-order valence-corrected chi connectivity index (χ0v) is 20.6. The van der Waals surface area contributed by atoms with E-state index in [4.69, 9.17) is 27.9 Å². The number of ether oxygens (including phenoxy) is 1. The van der Waals surface area contributed by atoms with Crippen LogP contribution in [0.5, 0.6) is 5.75 Å². The molecule has 0 bridgehead atoms. The highest BCUT2D eigenvalue weighted by atomic mass is 35.5. The van der Waals surface area contributed by atoms with Gasteiger partial charge in [0.05, 0.1) is 21.7 Å². The Morgan fingerprint density at radius 3 is 2.43 bits per heavy atom. The Hall–Kier alpha value is -3.55. The zero-order chi connectivity index (χ0) is 25.1. The van der Waals surface area contributed by atoms with E-state index < -0.39 is 23.8 Å². The van der Waals surface area contributed by atoms with Crippen molar-refractivity contribution in [1.82, 2.24) is 10.7 Å². The maximum absolute atomic E-state index is 13.3. The minimum atomic E-state index is -0.930. The van der Waals surface area contributed by atoms with Crippen LogP contribution in [-0.2, 0) is 14.4 Å². The van der Waals surface area contributed by atoms with Crippen LogP contribution in [0.4, 0.5) is 5.69 Å². The second-order valence-electron chi connectivity index (χ2n) is 8.13. The first-order chi connectivity index (χ1) is 16.8. The number of anilines is 1. The van der Waals surface area contributed by atoms with Gasteiger partial charge in [0.1, 0.15) is 11.8 Å². The number of para-hydroxylation sites is 1. The molecule has 1 aliphatic heterocycles. The monoisotopic (exact) mass is 511 g/mol. The molecule has 0 saturated heterocycles. The fraction of sp³-hybridized carbons (Fsp3) is 0.192. The van der Waals surface area contributed by atoms with Crippen LogP contribution in [0, 0.1) is 0 Å². The minimum Gasteiger partial charge on any atom is -0.484 e. The molecule has 7 nitrogen and oxygen atoms in total. The molecule has 0 spiro atoms. The number of fused-ring (bicyclic) bond motifs is 3.